The van der Waals surface area contributed by atoms with Gasteiger partial charge in [0, 0.05) is 3.57 Å². The molecule has 0 amide bonds. The zero-order valence-corrected chi connectivity index (χ0v) is 9.95. The molecule has 0 fully saturated rings. The predicted octanol–water partition coefficient (Wildman–Crippen LogP) is 2.26. The molecule has 0 unspecified atom stereocenters. The number of benzene rings is 1. The van der Waals surface area contributed by atoms with Gasteiger partial charge < -0.3 is 4.74 Å². The molecule has 0 bridgehead atoms. The Morgan fingerprint density at radius 2 is 2.21 bits per heavy atom. The fourth-order valence-electron chi connectivity index (χ4n) is 1.12. The largest absolute Gasteiger partial charge is 0.465 e. The van der Waals surface area contributed by atoms with Crippen molar-refractivity contribution in [1.29, 1.82) is 5.26 Å². The molecule has 1 rings (SSSR count). The van der Waals surface area contributed by atoms with E-state index in [9.17, 15) is 4.79 Å². The molecule has 0 N–H and O–H groups in total. The second-order valence-electron chi connectivity index (χ2n) is 2.73. The Hall–Kier alpha value is -1.09. The molecular formula is C10H8INO2. The van der Waals surface area contributed by atoms with Crippen LogP contribution in [0.25, 0.3) is 0 Å². The number of ether oxygens (including phenoxy) is 1. The van der Waals surface area contributed by atoms with Gasteiger partial charge in [-0.05, 0) is 47.2 Å². The van der Waals surface area contributed by atoms with Crippen molar-refractivity contribution in [2.45, 2.75) is 6.92 Å². The first kappa shape index (κ1) is 11.0. The van der Waals surface area contributed by atoms with E-state index < -0.39 is 5.97 Å². The molecule has 3 nitrogen and oxygen atoms in total. The minimum atomic E-state index is -0.405. The Bertz CT molecular complexity index is 421. The predicted molar refractivity (Wildman–Crippen MR) is 60.0 cm³/mol. The zero-order valence-electron chi connectivity index (χ0n) is 7.80. The molecule has 0 aliphatic heterocycles. The number of hydrogen-bond acceptors (Lipinski definition) is 3. The summed E-state index contributed by atoms with van der Waals surface area (Å²) in [4.78, 5) is 11.3. The second kappa shape index (κ2) is 4.42. The second-order valence-corrected chi connectivity index (χ2v) is 3.97. The number of hydrogen-bond donors (Lipinski definition) is 0. The lowest BCUT2D eigenvalue weighted by molar-refractivity contribution is 0.0600. The van der Waals surface area contributed by atoms with E-state index in [0.717, 1.165) is 3.57 Å². The van der Waals surface area contributed by atoms with E-state index in [4.69, 9.17) is 5.26 Å². The Balaban J connectivity index is 3.38. The Labute approximate surface area is 95.8 Å². The third-order valence-electron chi connectivity index (χ3n) is 1.90. The van der Waals surface area contributed by atoms with Gasteiger partial charge >= 0.3 is 5.97 Å². The molecule has 1 aromatic rings. The summed E-state index contributed by atoms with van der Waals surface area (Å²) in [6.07, 6.45) is 0. The van der Waals surface area contributed by atoms with Crippen molar-refractivity contribution in [3.8, 4) is 6.07 Å². The molecule has 0 aromatic heterocycles. The fourth-order valence-corrected chi connectivity index (χ4v) is 1.74. The summed E-state index contributed by atoms with van der Waals surface area (Å²) < 4.78 is 5.47. The van der Waals surface area contributed by atoms with E-state index in [1.165, 1.54) is 7.11 Å². The van der Waals surface area contributed by atoms with E-state index in [-0.39, 0.29) is 0 Å². The van der Waals surface area contributed by atoms with Crippen LogP contribution in [0, 0.1) is 21.8 Å². The lowest BCUT2D eigenvalue weighted by Gasteiger charge is -2.05. The third-order valence-corrected chi connectivity index (χ3v) is 2.52. The van der Waals surface area contributed by atoms with Crippen molar-refractivity contribution in [2.24, 2.45) is 0 Å². The number of nitrogens with zero attached hydrogens (tertiary/aromatic N) is 1. The van der Waals surface area contributed by atoms with Crippen LogP contribution in [0.15, 0.2) is 12.1 Å². The van der Waals surface area contributed by atoms with Gasteiger partial charge in [0.15, 0.2) is 0 Å². The summed E-state index contributed by atoms with van der Waals surface area (Å²) in [6.45, 7) is 1.74. The highest BCUT2D eigenvalue weighted by molar-refractivity contribution is 14.1. The minimum Gasteiger partial charge on any atom is -0.465 e. The standard InChI is InChI=1S/C10H8INO2/c1-6-7(5-12)3-8(11)4-9(6)10(13)14-2/h3-4H,1-2H3. The maximum Gasteiger partial charge on any atom is 0.338 e. The van der Waals surface area contributed by atoms with E-state index in [1.54, 1.807) is 19.1 Å². The first-order chi connectivity index (χ1) is 6.60. The highest BCUT2D eigenvalue weighted by Crippen LogP contribution is 2.18. The maximum atomic E-state index is 11.3. The highest BCUT2D eigenvalue weighted by Gasteiger charge is 2.13. The number of carbonyl (C=O) groups is 1. The van der Waals surface area contributed by atoms with Gasteiger partial charge in [-0.2, -0.15) is 5.26 Å². The molecule has 0 aliphatic rings. The molecule has 0 heterocycles. The highest BCUT2D eigenvalue weighted by atomic mass is 127. The Morgan fingerprint density at radius 1 is 1.57 bits per heavy atom. The smallest absolute Gasteiger partial charge is 0.338 e. The first-order valence-corrected chi connectivity index (χ1v) is 4.96. The molecule has 0 atom stereocenters. The normalized spacial score (nSPS) is 9.29. The molecule has 72 valence electrons. The van der Waals surface area contributed by atoms with Crippen LogP contribution in [0.2, 0.25) is 0 Å². The van der Waals surface area contributed by atoms with Gasteiger partial charge in [0.2, 0.25) is 0 Å². The number of methoxy groups -OCH3 is 1. The lowest BCUT2D eigenvalue weighted by Crippen LogP contribution is -2.05. The maximum absolute atomic E-state index is 11.3. The molecule has 0 saturated heterocycles. The van der Waals surface area contributed by atoms with Gasteiger partial charge in [0.25, 0.3) is 0 Å². The van der Waals surface area contributed by atoms with Gasteiger partial charge in [-0.15, -0.1) is 0 Å². The van der Waals surface area contributed by atoms with Crippen LogP contribution in [-0.4, -0.2) is 13.1 Å². The number of carbonyl (C=O) groups excluding carboxylic acids is 1. The fraction of sp³-hybridized carbons (Fsp3) is 0.200. The summed E-state index contributed by atoms with van der Waals surface area (Å²) in [5, 5.41) is 8.82. The summed E-state index contributed by atoms with van der Waals surface area (Å²) in [5.41, 5.74) is 1.63. The summed E-state index contributed by atoms with van der Waals surface area (Å²) in [5.74, 6) is -0.405. The number of nitriles is 1. The average molecular weight is 301 g/mol. The molecular weight excluding hydrogens is 293 g/mol. The van der Waals surface area contributed by atoms with Crippen LogP contribution < -0.4 is 0 Å². The topological polar surface area (TPSA) is 50.1 Å². The van der Waals surface area contributed by atoms with Gasteiger partial charge in [0.1, 0.15) is 0 Å². The van der Waals surface area contributed by atoms with Crippen LogP contribution in [0.3, 0.4) is 0 Å². The molecule has 0 aliphatic carbocycles. The van der Waals surface area contributed by atoms with Crippen LogP contribution >= 0.6 is 22.6 Å². The van der Waals surface area contributed by atoms with Crippen molar-refractivity contribution >= 4 is 28.6 Å². The van der Waals surface area contributed by atoms with Gasteiger partial charge in [-0.3, -0.25) is 0 Å². The van der Waals surface area contributed by atoms with Crippen LogP contribution in [0.5, 0.6) is 0 Å². The first-order valence-electron chi connectivity index (χ1n) is 3.88. The number of halogens is 1. The number of esters is 1. The van der Waals surface area contributed by atoms with Gasteiger partial charge in [-0.25, -0.2) is 4.79 Å². The SMILES string of the molecule is COC(=O)c1cc(I)cc(C#N)c1C. The molecule has 0 spiro atoms. The van der Waals surface area contributed by atoms with E-state index in [0.29, 0.717) is 16.7 Å². The monoisotopic (exact) mass is 301 g/mol. The lowest BCUT2D eigenvalue weighted by atomic mass is 10.0. The minimum absolute atomic E-state index is 0.405. The van der Waals surface area contributed by atoms with Crippen molar-refractivity contribution < 1.29 is 9.53 Å². The Kier molecular flexibility index (Phi) is 3.47. The summed E-state index contributed by atoms with van der Waals surface area (Å²) >= 11 is 2.06. The van der Waals surface area contributed by atoms with Crippen LogP contribution in [0.4, 0.5) is 0 Å². The van der Waals surface area contributed by atoms with Gasteiger partial charge in [-0.1, -0.05) is 0 Å². The Morgan fingerprint density at radius 3 is 2.71 bits per heavy atom. The van der Waals surface area contributed by atoms with Crippen LogP contribution in [0.1, 0.15) is 21.5 Å². The van der Waals surface area contributed by atoms with Crippen molar-refractivity contribution in [2.75, 3.05) is 7.11 Å². The molecule has 0 saturated carbocycles. The number of rotatable bonds is 1. The van der Waals surface area contributed by atoms with Crippen molar-refractivity contribution in [3.63, 3.8) is 0 Å². The molecule has 1 aromatic carbocycles. The van der Waals surface area contributed by atoms with Crippen molar-refractivity contribution in [1.82, 2.24) is 0 Å². The summed E-state index contributed by atoms with van der Waals surface area (Å²) in [7, 11) is 1.33. The van der Waals surface area contributed by atoms with E-state index >= 15 is 0 Å². The third kappa shape index (κ3) is 2.04. The van der Waals surface area contributed by atoms with Gasteiger partial charge in [0.05, 0.1) is 24.3 Å². The zero-order chi connectivity index (χ0) is 10.7. The van der Waals surface area contributed by atoms with Crippen LogP contribution in [-0.2, 0) is 4.74 Å². The van der Waals surface area contributed by atoms with Crippen molar-refractivity contribution in [3.05, 3.63) is 32.4 Å². The van der Waals surface area contributed by atoms with E-state index in [1.807, 2.05) is 6.07 Å². The van der Waals surface area contributed by atoms with E-state index in [2.05, 4.69) is 27.3 Å². The quantitative estimate of drug-likeness (QED) is 0.590. The molecule has 14 heavy (non-hydrogen) atoms. The average Bonchev–Trinajstić information content (AvgIpc) is 2.19. The molecule has 0 radical (unpaired) electrons. The molecule has 4 heteroatoms. The summed E-state index contributed by atoms with van der Waals surface area (Å²) in [6, 6.07) is 5.49.